The van der Waals surface area contributed by atoms with Gasteiger partial charge in [-0.3, -0.25) is 4.79 Å². The Kier molecular flexibility index (Phi) is 4.09. The largest absolute Gasteiger partial charge is 0.398 e. The van der Waals surface area contributed by atoms with Crippen LogP contribution >= 0.6 is 0 Å². The van der Waals surface area contributed by atoms with Crippen LogP contribution < -0.4 is 16.4 Å². The molecule has 0 aliphatic heterocycles. The molecule has 1 amide bonds. The summed E-state index contributed by atoms with van der Waals surface area (Å²) in [5.74, 6) is -0.868. The van der Waals surface area contributed by atoms with Crippen LogP contribution in [0.5, 0.6) is 0 Å². The fourth-order valence-corrected chi connectivity index (χ4v) is 1.74. The number of rotatable bonds is 5. The Labute approximate surface area is 115 Å². The number of nitrogens with two attached hydrogens (primary N) is 2. The van der Waals surface area contributed by atoms with Crippen molar-refractivity contribution in [2.24, 2.45) is 5.73 Å². The Morgan fingerprint density at radius 3 is 2.50 bits per heavy atom. The summed E-state index contributed by atoms with van der Waals surface area (Å²) in [4.78, 5) is 20.4. The third-order valence-corrected chi connectivity index (χ3v) is 2.65. The number of primary amides is 1. The van der Waals surface area contributed by atoms with Crippen LogP contribution in [0.4, 0.5) is 16.0 Å². The Morgan fingerprint density at radius 1 is 1.25 bits per heavy atom. The number of hydrogen-bond donors (Lipinski definition) is 2. The summed E-state index contributed by atoms with van der Waals surface area (Å²) in [6.07, 6.45) is 2.06. The van der Waals surface area contributed by atoms with Crippen molar-refractivity contribution in [2.45, 2.75) is 6.54 Å². The molecule has 6 nitrogen and oxygen atoms in total. The lowest BCUT2D eigenvalue weighted by Crippen LogP contribution is -2.34. The summed E-state index contributed by atoms with van der Waals surface area (Å²) >= 11 is 0. The number of carbonyl (C=O) groups excluding carboxylic acids is 1. The van der Waals surface area contributed by atoms with E-state index >= 15 is 0 Å². The summed E-state index contributed by atoms with van der Waals surface area (Å²) in [6, 6.07) is 7.22. The highest BCUT2D eigenvalue weighted by Gasteiger charge is 2.14. The second-order valence-electron chi connectivity index (χ2n) is 4.22. The van der Waals surface area contributed by atoms with Gasteiger partial charge < -0.3 is 16.4 Å². The van der Waals surface area contributed by atoms with E-state index < -0.39 is 11.7 Å². The van der Waals surface area contributed by atoms with Gasteiger partial charge in [0.1, 0.15) is 0 Å². The third-order valence-electron chi connectivity index (χ3n) is 2.65. The maximum Gasteiger partial charge on any atom is 0.237 e. The van der Waals surface area contributed by atoms with Crippen molar-refractivity contribution in [2.75, 3.05) is 17.2 Å². The van der Waals surface area contributed by atoms with E-state index in [4.69, 9.17) is 11.5 Å². The molecule has 7 heteroatoms. The number of hydrogen-bond acceptors (Lipinski definition) is 5. The molecule has 20 heavy (non-hydrogen) atoms. The third kappa shape index (κ3) is 3.41. The number of anilines is 2. The number of nitrogen functional groups attached to an aromatic ring is 1. The zero-order valence-corrected chi connectivity index (χ0v) is 10.7. The summed E-state index contributed by atoms with van der Waals surface area (Å²) in [5.41, 5.74) is 12.5. The Morgan fingerprint density at radius 2 is 1.90 bits per heavy atom. The molecule has 0 unspecified atom stereocenters. The van der Waals surface area contributed by atoms with Crippen LogP contribution in [0.1, 0.15) is 5.56 Å². The topological polar surface area (TPSA) is 98.1 Å². The number of aromatic nitrogens is 2. The fourth-order valence-electron chi connectivity index (χ4n) is 1.74. The Bertz CT molecular complexity index is 602. The van der Waals surface area contributed by atoms with Crippen molar-refractivity contribution in [3.05, 3.63) is 48.0 Å². The van der Waals surface area contributed by atoms with Crippen LogP contribution in [0.25, 0.3) is 0 Å². The van der Waals surface area contributed by atoms with Crippen LogP contribution in [0, 0.1) is 5.82 Å². The highest BCUT2D eigenvalue weighted by atomic mass is 19.1. The molecule has 0 saturated carbocycles. The first-order chi connectivity index (χ1) is 9.56. The molecule has 2 aromatic rings. The second-order valence-corrected chi connectivity index (χ2v) is 4.22. The van der Waals surface area contributed by atoms with Gasteiger partial charge in [-0.2, -0.15) is 0 Å². The van der Waals surface area contributed by atoms with Gasteiger partial charge in [-0.1, -0.05) is 18.2 Å². The number of nitrogens with zero attached hydrogens (tertiary/aromatic N) is 3. The molecule has 0 bridgehead atoms. The lowest BCUT2D eigenvalue weighted by atomic mass is 10.1. The zero-order valence-electron chi connectivity index (χ0n) is 10.7. The monoisotopic (exact) mass is 275 g/mol. The molecule has 0 aliphatic rings. The van der Waals surface area contributed by atoms with Gasteiger partial charge >= 0.3 is 0 Å². The molecule has 1 aromatic heterocycles. The van der Waals surface area contributed by atoms with E-state index in [1.807, 2.05) is 18.2 Å². The average molecular weight is 275 g/mol. The van der Waals surface area contributed by atoms with Gasteiger partial charge in [-0.25, -0.2) is 14.4 Å². The molecule has 1 aromatic carbocycles. The van der Waals surface area contributed by atoms with Crippen LogP contribution in [0.2, 0.25) is 0 Å². The zero-order chi connectivity index (χ0) is 14.5. The molecule has 1 heterocycles. The van der Waals surface area contributed by atoms with Gasteiger partial charge in [0, 0.05) is 12.2 Å². The van der Waals surface area contributed by atoms with Gasteiger partial charge in [0.25, 0.3) is 0 Å². The minimum atomic E-state index is -0.549. The molecule has 4 N–H and O–H groups in total. The fraction of sp³-hybridized carbons (Fsp3) is 0.154. The van der Waals surface area contributed by atoms with E-state index in [2.05, 4.69) is 9.97 Å². The Balaban J connectivity index is 2.26. The molecular weight excluding hydrogens is 261 g/mol. The minimum absolute atomic E-state index is 0.0834. The van der Waals surface area contributed by atoms with E-state index in [9.17, 15) is 9.18 Å². The molecule has 0 atom stereocenters. The van der Waals surface area contributed by atoms with E-state index in [0.29, 0.717) is 12.2 Å². The average Bonchev–Trinajstić information content (AvgIpc) is 2.41. The highest BCUT2D eigenvalue weighted by Crippen LogP contribution is 2.16. The first-order valence-corrected chi connectivity index (χ1v) is 5.90. The minimum Gasteiger partial charge on any atom is -0.398 e. The smallest absolute Gasteiger partial charge is 0.237 e. The number of benzene rings is 1. The van der Waals surface area contributed by atoms with Crippen LogP contribution in [0.15, 0.2) is 36.7 Å². The lowest BCUT2D eigenvalue weighted by Gasteiger charge is -2.21. The maximum atomic E-state index is 12.8. The molecular formula is C13H14FN5O. The standard InChI is InChI=1S/C13H14FN5O/c14-10-5-17-13(18-6-10)19(8-12(16)20)7-9-3-1-2-4-11(9)15/h1-6H,7-8,15H2,(H2,16,20). The van der Waals surface area contributed by atoms with E-state index in [0.717, 1.165) is 18.0 Å². The number of amides is 1. The van der Waals surface area contributed by atoms with Gasteiger partial charge in [-0.05, 0) is 11.6 Å². The first kappa shape index (κ1) is 13.7. The van der Waals surface area contributed by atoms with E-state index in [-0.39, 0.29) is 12.5 Å². The predicted octanol–water partition coefficient (Wildman–Crippen LogP) is 0.690. The summed E-state index contributed by atoms with van der Waals surface area (Å²) in [6.45, 7) is 0.223. The summed E-state index contributed by atoms with van der Waals surface area (Å²) in [7, 11) is 0. The van der Waals surface area contributed by atoms with Crippen LogP contribution in [-0.4, -0.2) is 22.4 Å². The van der Waals surface area contributed by atoms with Crippen molar-refractivity contribution >= 4 is 17.5 Å². The molecule has 0 fully saturated rings. The van der Waals surface area contributed by atoms with Crippen molar-refractivity contribution < 1.29 is 9.18 Å². The number of para-hydroxylation sites is 1. The van der Waals surface area contributed by atoms with Crippen LogP contribution in [-0.2, 0) is 11.3 Å². The van der Waals surface area contributed by atoms with Gasteiger partial charge in [0.2, 0.25) is 11.9 Å². The number of halogens is 1. The van der Waals surface area contributed by atoms with Crippen molar-refractivity contribution in [1.82, 2.24) is 9.97 Å². The molecule has 104 valence electrons. The second kappa shape index (κ2) is 5.96. The van der Waals surface area contributed by atoms with Crippen molar-refractivity contribution in [3.8, 4) is 0 Å². The normalized spacial score (nSPS) is 10.2. The van der Waals surface area contributed by atoms with Crippen molar-refractivity contribution in [3.63, 3.8) is 0 Å². The van der Waals surface area contributed by atoms with E-state index in [1.165, 1.54) is 4.90 Å². The molecule has 2 rings (SSSR count). The van der Waals surface area contributed by atoms with Gasteiger partial charge in [0.05, 0.1) is 18.9 Å². The molecule has 0 saturated heterocycles. The summed E-state index contributed by atoms with van der Waals surface area (Å²) < 4.78 is 12.8. The molecule has 0 aliphatic carbocycles. The van der Waals surface area contributed by atoms with E-state index in [1.54, 1.807) is 6.07 Å². The summed E-state index contributed by atoms with van der Waals surface area (Å²) in [5, 5.41) is 0. The van der Waals surface area contributed by atoms with Gasteiger partial charge in [-0.15, -0.1) is 0 Å². The van der Waals surface area contributed by atoms with Gasteiger partial charge in [0.15, 0.2) is 5.82 Å². The molecule has 0 radical (unpaired) electrons. The maximum absolute atomic E-state index is 12.8. The SMILES string of the molecule is NC(=O)CN(Cc1ccccc1N)c1ncc(F)cn1. The lowest BCUT2D eigenvalue weighted by molar-refractivity contribution is -0.116. The molecule has 0 spiro atoms. The number of carbonyl (C=O) groups is 1. The highest BCUT2D eigenvalue weighted by molar-refractivity contribution is 5.78. The quantitative estimate of drug-likeness (QED) is 0.782. The van der Waals surface area contributed by atoms with Crippen LogP contribution in [0.3, 0.4) is 0 Å². The first-order valence-electron chi connectivity index (χ1n) is 5.90. The predicted molar refractivity (Wildman–Crippen MR) is 73.1 cm³/mol. The van der Waals surface area contributed by atoms with Crippen molar-refractivity contribution in [1.29, 1.82) is 0 Å². The Hall–Kier alpha value is -2.70.